The molecule has 0 saturated carbocycles. The van der Waals surface area contributed by atoms with Crippen molar-refractivity contribution < 1.29 is 4.74 Å². The summed E-state index contributed by atoms with van der Waals surface area (Å²) in [5, 5.41) is 3.40. The maximum atomic E-state index is 6.25. The third-order valence-corrected chi connectivity index (χ3v) is 4.49. The van der Waals surface area contributed by atoms with E-state index in [1.54, 1.807) is 0 Å². The van der Waals surface area contributed by atoms with Gasteiger partial charge in [0, 0.05) is 38.1 Å². The van der Waals surface area contributed by atoms with Crippen LogP contribution in [0.4, 0.5) is 11.4 Å². The van der Waals surface area contributed by atoms with Crippen LogP contribution in [-0.2, 0) is 0 Å². The van der Waals surface area contributed by atoms with Crippen molar-refractivity contribution in [3.8, 4) is 11.5 Å². The molecular weight excluding hydrogens is 286 g/mol. The molecule has 0 spiro atoms. The van der Waals surface area contributed by atoms with Crippen LogP contribution in [0.15, 0.2) is 35.3 Å². The van der Waals surface area contributed by atoms with Gasteiger partial charge in [0.25, 0.3) is 0 Å². The Bertz CT molecular complexity index is 776. The number of aryl methyl sites for hydroxylation is 2. The van der Waals surface area contributed by atoms with Crippen molar-refractivity contribution in [2.45, 2.75) is 13.8 Å². The van der Waals surface area contributed by atoms with Crippen LogP contribution in [0.1, 0.15) is 16.7 Å². The molecule has 4 heteroatoms. The van der Waals surface area contributed by atoms with E-state index >= 15 is 0 Å². The van der Waals surface area contributed by atoms with Crippen molar-refractivity contribution in [1.29, 1.82) is 0 Å². The number of piperazine rings is 1. The fourth-order valence-electron chi connectivity index (χ4n) is 3.20. The van der Waals surface area contributed by atoms with Gasteiger partial charge in [-0.25, -0.2) is 0 Å². The summed E-state index contributed by atoms with van der Waals surface area (Å²) in [4.78, 5) is 7.10. The Morgan fingerprint density at radius 3 is 2.74 bits per heavy atom. The number of nitrogens with one attached hydrogen (secondary N) is 1. The Hall–Kier alpha value is -2.33. The van der Waals surface area contributed by atoms with Crippen molar-refractivity contribution in [3.63, 3.8) is 0 Å². The maximum Gasteiger partial charge on any atom is 0.153 e. The van der Waals surface area contributed by atoms with E-state index in [0.29, 0.717) is 0 Å². The number of anilines is 1. The molecule has 0 atom stereocenters. The van der Waals surface area contributed by atoms with Crippen molar-refractivity contribution in [2.24, 2.45) is 4.99 Å². The quantitative estimate of drug-likeness (QED) is 0.747. The molecule has 2 aromatic carbocycles. The zero-order valence-electron chi connectivity index (χ0n) is 13.6. The molecule has 2 aliphatic heterocycles. The van der Waals surface area contributed by atoms with Gasteiger partial charge in [0.2, 0.25) is 0 Å². The van der Waals surface area contributed by atoms with E-state index in [-0.39, 0.29) is 0 Å². The van der Waals surface area contributed by atoms with Gasteiger partial charge in [0.1, 0.15) is 11.4 Å². The Balaban J connectivity index is 1.83. The van der Waals surface area contributed by atoms with Crippen LogP contribution in [0.25, 0.3) is 0 Å². The minimum absolute atomic E-state index is 0.825. The van der Waals surface area contributed by atoms with Gasteiger partial charge in [-0.05, 0) is 43.2 Å². The Morgan fingerprint density at radius 2 is 1.91 bits per heavy atom. The lowest BCUT2D eigenvalue weighted by molar-refractivity contribution is 0.480. The standard InChI is InChI=1S/C19H21N3O/c1-13-3-6-18-16(11-13)21-12-15-17(22-9-7-20-8-10-22)5-4-14(2)19(15)23-18/h3-6,11-12,20H,7-10H2,1-2H3. The van der Waals surface area contributed by atoms with Gasteiger partial charge in [-0.3, -0.25) is 4.99 Å². The van der Waals surface area contributed by atoms with Crippen LogP contribution in [0.5, 0.6) is 11.5 Å². The second-order valence-corrected chi connectivity index (χ2v) is 6.21. The summed E-state index contributed by atoms with van der Waals surface area (Å²) in [6.45, 7) is 8.21. The van der Waals surface area contributed by atoms with Gasteiger partial charge in [-0.15, -0.1) is 0 Å². The monoisotopic (exact) mass is 307 g/mol. The maximum absolute atomic E-state index is 6.25. The summed E-state index contributed by atoms with van der Waals surface area (Å²) < 4.78 is 6.25. The molecule has 1 N–H and O–H groups in total. The normalized spacial score (nSPS) is 16.3. The summed E-state index contributed by atoms with van der Waals surface area (Å²) >= 11 is 0. The van der Waals surface area contributed by atoms with Crippen LogP contribution >= 0.6 is 0 Å². The number of aliphatic imine (C=N–C) groups is 1. The van der Waals surface area contributed by atoms with Crippen molar-refractivity contribution in [1.82, 2.24) is 5.32 Å². The molecule has 0 bridgehead atoms. The lowest BCUT2D eigenvalue weighted by Crippen LogP contribution is -2.43. The van der Waals surface area contributed by atoms with E-state index in [4.69, 9.17) is 9.73 Å². The number of hydrogen-bond donors (Lipinski definition) is 1. The lowest BCUT2D eigenvalue weighted by Gasteiger charge is -2.31. The second kappa shape index (κ2) is 5.70. The Morgan fingerprint density at radius 1 is 1.09 bits per heavy atom. The van der Waals surface area contributed by atoms with Gasteiger partial charge >= 0.3 is 0 Å². The van der Waals surface area contributed by atoms with Crippen LogP contribution in [0, 0.1) is 13.8 Å². The number of fused-ring (bicyclic) bond motifs is 2. The molecule has 1 fully saturated rings. The molecular formula is C19H21N3O. The molecule has 2 aliphatic rings. The number of ether oxygens (including phenoxy) is 1. The molecule has 0 amide bonds. The molecule has 0 aromatic heterocycles. The van der Waals surface area contributed by atoms with Crippen LogP contribution in [0.3, 0.4) is 0 Å². The van der Waals surface area contributed by atoms with Crippen molar-refractivity contribution in [2.75, 3.05) is 31.1 Å². The zero-order chi connectivity index (χ0) is 15.8. The largest absolute Gasteiger partial charge is 0.454 e. The van der Waals surface area contributed by atoms with Crippen molar-refractivity contribution in [3.05, 3.63) is 47.0 Å². The first-order valence-electron chi connectivity index (χ1n) is 8.14. The minimum atomic E-state index is 0.825. The van der Waals surface area contributed by atoms with E-state index < -0.39 is 0 Å². The highest BCUT2D eigenvalue weighted by Gasteiger charge is 2.21. The highest BCUT2D eigenvalue weighted by Crippen LogP contribution is 2.41. The average molecular weight is 307 g/mol. The molecule has 1 saturated heterocycles. The summed E-state index contributed by atoms with van der Waals surface area (Å²) in [6.07, 6.45) is 1.96. The minimum Gasteiger partial charge on any atom is -0.454 e. The molecule has 2 heterocycles. The van der Waals surface area contributed by atoms with E-state index in [0.717, 1.165) is 54.5 Å². The van der Waals surface area contributed by atoms with E-state index in [1.165, 1.54) is 11.3 Å². The molecule has 4 nitrogen and oxygen atoms in total. The molecule has 0 radical (unpaired) electrons. The first-order valence-corrected chi connectivity index (χ1v) is 8.14. The smallest absolute Gasteiger partial charge is 0.153 e. The first-order chi connectivity index (χ1) is 11.2. The topological polar surface area (TPSA) is 36.9 Å². The second-order valence-electron chi connectivity index (χ2n) is 6.21. The summed E-state index contributed by atoms with van der Waals surface area (Å²) in [7, 11) is 0. The van der Waals surface area contributed by atoms with Gasteiger partial charge in [-0.1, -0.05) is 12.1 Å². The van der Waals surface area contributed by atoms with Gasteiger partial charge in [0.05, 0.1) is 5.56 Å². The van der Waals surface area contributed by atoms with Gasteiger partial charge in [-0.2, -0.15) is 0 Å². The summed E-state index contributed by atoms with van der Waals surface area (Å²) in [5.74, 6) is 1.75. The summed E-state index contributed by atoms with van der Waals surface area (Å²) in [6, 6.07) is 10.5. The fraction of sp³-hybridized carbons (Fsp3) is 0.316. The Kier molecular flexibility index (Phi) is 3.54. The summed E-state index contributed by atoms with van der Waals surface area (Å²) in [5.41, 5.74) is 5.52. The predicted octanol–water partition coefficient (Wildman–Crippen LogP) is 3.57. The van der Waals surface area contributed by atoms with E-state index in [9.17, 15) is 0 Å². The predicted molar refractivity (Wildman–Crippen MR) is 94.8 cm³/mol. The lowest BCUT2D eigenvalue weighted by atomic mass is 10.1. The third kappa shape index (κ3) is 2.59. The molecule has 0 unspecified atom stereocenters. The van der Waals surface area contributed by atoms with Crippen LogP contribution in [0.2, 0.25) is 0 Å². The van der Waals surface area contributed by atoms with Gasteiger partial charge in [0.15, 0.2) is 5.75 Å². The molecule has 4 rings (SSSR count). The first kappa shape index (κ1) is 14.3. The SMILES string of the molecule is Cc1ccc2c(c1)N=Cc1c(N3CCNCC3)ccc(C)c1O2. The number of benzene rings is 2. The molecule has 0 aliphatic carbocycles. The number of nitrogens with zero attached hydrogens (tertiary/aromatic N) is 2. The average Bonchev–Trinajstić information content (AvgIpc) is 2.76. The van der Waals surface area contributed by atoms with Crippen LogP contribution < -0.4 is 15.0 Å². The third-order valence-electron chi connectivity index (χ3n) is 4.49. The van der Waals surface area contributed by atoms with Crippen molar-refractivity contribution >= 4 is 17.6 Å². The highest BCUT2D eigenvalue weighted by atomic mass is 16.5. The zero-order valence-corrected chi connectivity index (χ0v) is 13.6. The number of hydrogen-bond acceptors (Lipinski definition) is 4. The Labute approximate surface area is 136 Å². The molecule has 23 heavy (non-hydrogen) atoms. The van der Waals surface area contributed by atoms with Gasteiger partial charge < -0.3 is 15.0 Å². The number of rotatable bonds is 1. The fourth-order valence-corrected chi connectivity index (χ4v) is 3.20. The van der Waals surface area contributed by atoms with Crippen LogP contribution in [-0.4, -0.2) is 32.4 Å². The molecule has 118 valence electrons. The highest BCUT2D eigenvalue weighted by molar-refractivity contribution is 5.95. The van der Waals surface area contributed by atoms with E-state index in [1.807, 2.05) is 12.3 Å². The van der Waals surface area contributed by atoms with E-state index in [2.05, 4.69) is 48.3 Å². The molecule has 2 aromatic rings.